The molecule has 0 saturated carbocycles. The van der Waals surface area contributed by atoms with Crippen molar-refractivity contribution in [3.8, 4) is 0 Å². The lowest BCUT2D eigenvalue weighted by molar-refractivity contribution is 0.178. The van der Waals surface area contributed by atoms with Gasteiger partial charge in [-0.15, -0.1) is 9.24 Å². The molecule has 0 aliphatic heterocycles. The summed E-state index contributed by atoms with van der Waals surface area (Å²) in [5.74, 6) is 0. The van der Waals surface area contributed by atoms with Crippen LogP contribution >= 0.6 is 9.24 Å². The molecule has 1 unspecified atom stereocenters. The second kappa shape index (κ2) is 6.39. The Balaban J connectivity index is 2.45. The maximum Gasteiger partial charge on any atom is 0.0602 e. The first-order valence-electron chi connectivity index (χ1n) is 2.69. The Morgan fingerprint density at radius 2 is 2.29 bits per heavy atom. The number of unbranched alkanes of at least 4 members (excludes halogenated alkanes) is 1. The topological polar surface area (TPSA) is 9.23 Å². The Hall–Kier alpha value is 0.390. The molecule has 1 atom stereocenters. The zero-order chi connectivity index (χ0) is 5.54. The fourth-order valence-electron chi connectivity index (χ4n) is 0.330. The van der Waals surface area contributed by atoms with Crippen LogP contribution in [0.5, 0.6) is 0 Å². The van der Waals surface area contributed by atoms with Gasteiger partial charge in [0.05, 0.1) is 6.35 Å². The summed E-state index contributed by atoms with van der Waals surface area (Å²) in [6.07, 6.45) is 3.19. The molecule has 0 heterocycles. The van der Waals surface area contributed by atoms with E-state index in [0.717, 1.165) is 13.0 Å². The molecule has 44 valence electrons. The van der Waals surface area contributed by atoms with Crippen LogP contribution < -0.4 is 0 Å². The highest BCUT2D eigenvalue weighted by atomic mass is 31.0. The number of hydrogen-bond acceptors (Lipinski definition) is 1. The molecule has 0 aliphatic rings. The minimum atomic E-state index is 0.778. The van der Waals surface area contributed by atoms with Crippen molar-refractivity contribution in [3.05, 3.63) is 0 Å². The lowest BCUT2D eigenvalue weighted by Crippen LogP contribution is -1.88. The largest absolute Gasteiger partial charge is 0.378 e. The van der Waals surface area contributed by atoms with Crippen LogP contribution in [0.15, 0.2) is 0 Å². The Kier molecular flexibility index (Phi) is 6.75. The summed E-state index contributed by atoms with van der Waals surface area (Å²) in [5, 5.41) is 0. The Labute approximate surface area is 47.6 Å². The second-order valence-electron chi connectivity index (χ2n) is 1.43. The van der Waals surface area contributed by atoms with Gasteiger partial charge in [0.2, 0.25) is 0 Å². The van der Waals surface area contributed by atoms with Gasteiger partial charge in [0.15, 0.2) is 0 Å². The Bertz CT molecular complexity index is 27.3. The van der Waals surface area contributed by atoms with Gasteiger partial charge in [0.1, 0.15) is 0 Å². The molecular weight excluding hydrogens is 107 g/mol. The predicted octanol–water partition coefficient (Wildman–Crippen LogP) is 1.64. The van der Waals surface area contributed by atoms with E-state index < -0.39 is 0 Å². The van der Waals surface area contributed by atoms with Crippen LogP contribution in [0.3, 0.4) is 0 Å². The van der Waals surface area contributed by atoms with Crippen LogP contribution in [-0.4, -0.2) is 13.0 Å². The first-order valence-corrected chi connectivity index (χ1v) is 3.51. The summed E-state index contributed by atoms with van der Waals surface area (Å²) < 4.78 is 5.04. The van der Waals surface area contributed by atoms with Crippen molar-refractivity contribution in [1.82, 2.24) is 0 Å². The average Bonchev–Trinajstić information content (AvgIpc) is 1.69. The minimum Gasteiger partial charge on any atom is -0.378 e. The maximum absolute atomic E-state index is 5.04. The molecule has 0 aromatic rings. The van der Waals surface area contributed by atoms with E-state index in [1.807, 2.05) is 0 Å². The second-order valence-corrected chi connectivity index (χ2v) is 1.76. The first kappa shape index (κ1) is 7.39. The fourth-order valence-corrected chi connectivity index (χ4v) is 0.496. The molecule has 7 heavy (non-hydrogen) atoms. The van der Waals surface area contributed by atoms with E-state index in [9.17, 15) is 0 Å². The third kappa shape index (κ3) is 6.39. The molecule has 0 N–H and O–H groups in total. The molecule has 1 nitrogen and oxygen atoms in total. The van der Waals surface area contributed by atoms with Crippen LogP contribution in [0.2, 0.25) is 0 Å². The van der Waals surface area contributed by atoms with Crippen molar-refractivity contribution in [2.75, 3.05) is 13.0 Å². The van der Waals surface area contributed by atoms with Crippen LogP contribution in [0.4, 0.5) is 0 Å². The quantitative estimate of drug-likeness (QED) is 0.404. The third-order valence-electron chi connectivity index (χ3n) is 0.760. The zero-order valence-electron chi connectivity index (χ0n) is 4.81. The predicted molar refractivity (Wildman–Crippen MR) is 35.4 cm³/mol. The molecule has 0 aromatic carbocycles. The molecule has 0 saturated heterocycles. The van der Waals surface area contributed by atoms with Crippen LogP contribution in [0.25, 0.3) is 0 Å². The van der Waals surface area contributed by atoms with Gasteiger partial charge in [-0.25, -0.2) is 0 Å². The molecule has 2 heteroatoms. The molecule has 0 bridgehead atoms. The summed E-state index contributed by atoms with van der Waals surface area (Å²) in [6.45, 7) is 3.08. The van der Waals surface area contributed by atoms with E-state index in [2.05, 4.69) is 16.2 Å². The SMILES string of the molecule is CCCCOCP. The summed E-state index contributed by atoms with van der Waals surface area (Å²) >= 11 is 0. The summed E-state index contributed by atoms with van der Waals surface area (Å²) in [7, 11) is 2.53. The van der Waals surface area contributed by atoms with E-state index in [-0.39, 0.29) is 0 Å². The molecular formula is C5H13OP. The normalized spacial score (nSPS) is 9.43. The van der Waals surface area contributed by atoms with Crippen molar-refractivity contribution in [2.24, 2.45) is 0 Å². The van der Waals surface area contributed by atoms with E-state index in [1.54, 1.807) is 0 Å². The zero-order valence-corrected chi connectivity index (χ0v) is 5.97. The van der Waals surface area contributed by atoms with E-state index >= 15 is 0 Å². The van der Waals surface area contributed by atoms with Crippen LogP contribution in [0, 0.1) is 0 Å². The van der Waals surface area contributed by atoms with Gasteiger partial charge in [0.25, 0.3) is 0 Å². The van der Waals surface area contributed by atoms with Crippen molar-refractivity contribution in [1.29, 1.82) is 0 Å². The summed E-state index contributed by atoms with van der Waals surface area (Å²) in [4.78, 5) is 0. The highest BCUT2D eigenvalue weighted by molar-refractivity contribution is 7.16. The van der Waals surface area contributed by atoms with Crippen molar-refractivity contribution >= 4 is 9.24 Å². The molecule has 0 spiro atoms. The Morgan fingerprint density at radius 3 is 2.71 bits per heavy atom. The molecule has 0 radical (unpaired) electrons. The lowest BCUT2D eigenvalue weighted by atomic mass is 10.4. The van der Waals surface area contributed by atoms with Gasteiger partial charge in [-0.1, -0.05) is 13.3 Å². The highest BCUT2D eigenvalue weighted by Crippen LogP contribution is 1.89. The standard InChI is InChI=1S/C5H13OP/c1-2-3-4-6-5-7/h2-5,7H2,1H3. The van der Waals surface area contributed by atoms with E-state index in [4.69, 9.17) is 4.74 Å². The van der Waals surface area contributed by atoms with Gasteiger partial charge in [-0.3, -0.25) is 0 Å². The maximum atomic E-state index is 5.04. The van der Waals surface area contributed by atoms with Gasteiger partial charge in [0, 0.05) is 6.61 Å². The van der Waals surface area contributed by atoms with Crippen LogP contribution in [0.1, 0.15) is 19.8 Å². The molecule has 0 rings (SSSR count). The van der Waals surface area contributed by atoms with Crippen molar-refractivity contribution < 1.29 is 4.74 Å². The van der Waals surface area contributed by atoms with E-state index in [1.165, 1.54) is 12.8 Å². The summed E-state index contributed by atoms with van der Waals surface area (Å²) in [5.41, 5.74) is 0. The average molecular weight is 120 g/mol. The number of hydrogen-bond donors (Lipinski definition) is 0. The Morgan fingerprint density at radius 1 is 1.57 bits per heavy atom. The van der Waals surface area contributed by atoms with Crippen molar-refractivity contribution in [3.63, 3.8) is 0 Å². The molecule has 0 aromatic heterocycles. The third-order valence-corrected chi connectivity index (χ3v) is 0.996. The van der Waals surface area contributed by atoms with Crippen LogP contribution in [-0.2, 0) is 4.74 Å². The van der Waals surface area contributed by atoms with Gasteiger partial charge < -0.3 is 4.74 Å². The number of rotatable bonds is 4. The highest BCUT2D eigenvalue weighted by Gasteiger charge is 1.78. The molecule has 0 fully saturated rings. The van der Waals surface area contributed by atoms with Gasteiger partial charge >= 0.3 is 0 Å². The van der Waals surface area contributed by atoms with Gasteiger partial charge in [-0.05, 0) is 6.42 Å². The smallest absolute Gasteiger partial charge is 0.0602 e. The minimum absolute atomic E-state index is 0.778. The summed E-state index contributed by atoms with van der Waals surface area (Å²) in [6, 6.07) is 0. The number of ether oxygens (including phenoxy) is 1. The van der Waals surface area contributed by atoms with E-state index in [0.29, 0.717) is 0 Å². The first-order chi connectivity index (χ1) is 3.41. The molecule has 0 aliphatic carbocycles. The lowest BCUT2D eigenvalue weighted by Gasteiger charge is -1.94. The monoisotopic (exact) mass is 120 g/mol. The van der Waals surface area contributed by atoms with Crippen molar-refractivity contribution in [2.45, 2.75) is 19.8 Å². The molecule has 0 amide bonds. The van der Waals surface area contributed by atoms with Gasteiger partial charge in [-0.2, -0.15) is 0 Å². The fraction of sp³-hybridized carbons (Fsp3) is 1.00.